The van der Waals surface area contributed by atoms with Crippen molar-refractivity contribution >= 4 is 22.5 Å². The third kappa shape index (κ3) is 2.51. The molecule has 0 aliphatic heterocycles. The Kier molecular flexibility index (Phi) is 3.61. The van der Waals surface area contributed by atoms with Crippen LogP contribution in [0.25, 0.3) is 0 Å². The first-order chi connectivity index (χ1) is 8.61. The maximum atomic E-state index is 11.1. The van der Waals surface area contributed by atoms with Crippen molar-refractivity contribution in [3.8, 4) is 0 Å². The summed E-state index contributed by atoms with van der Waals surface area (Å²) in [5.74, 6) is 0.366. The summed E-state index contributed by atoms with van der Waals surface area (Å²) in [6, 6.07) is 0. The number of aromatic nitrogens is 2. The topological polar surface area (TPSA) is 88.2 Å². The normalized spacial score (nSPS) is 10.6. The molecule has 0 atom stereocenters. The second-order valence-electron chi connectivity index (χ2n) is 3.70. The third-order valence-corrected chi connectivity index (χ3v) is 3.32. The number of nitrogens with zero attached hydrogens (tertiary/aromatic N) is 2. The lowest BCUT2D eigenvalue weighted by Crippen LogP contribution is -2.04. The molecule has 7 heteroatoms. The minimum absolute atomic E-state index is 0.210. The van der Waals surface area contributed by atoms with Gasteiger partial charge in [-0.3, -0.25) is 0 Å². The Labute approximate surface area is 108 Å². The van der Waals surface area contributed by atoms with Gasteiger partial charge in [0.25, 0.3) is 0 Å². The zero-order valence-electron chi connectivity index (χ0n) is 10.1. The predicted octanol–water partition coefficient (Wildman–Crippen LogP) is 2.31. The molecule has 0 aromatic carbocycles. The summed E-state index contributed by atoms with van der Waals surface area (Å²) in [5.41, 5.74) is 0.721. The molecule has 96 valence electrons. The van der Waals surface area contributed by atoms with Gasteiger partial charge < -0.3 is 14.8 Å². The minimum atomic E-state index is -0.981. The molecular formula is C11H13N3O3S. The number of hydrogen-bond acceptors (Lipinski definition) is 6. The molecule has 0 saturated carbocycles. The van der Waals surface area contributed by atoms with Crippen LogP contribution in [0.4, 0.5) is 5.00 Å². The molecule has 0 unspecified atom stereocenters. The molecule has 0 bridgehead atoms. The van der Waals surface area contributed by atoms with Crippen LogP contribution in [0, 0.1) is 6.92 Å². The Morgan fingerprint density at radius 1 is 1.61 bits per heavy atom. The third-order valence-electron chi connectivity index (χ3n) is 2.43. The number of anilines is 1. The van der Waals surface area contributed by atoms with Gasteiger partial charge in [-0.15, -0.1) is 0 Å². The molecule has 0 spiro atoms. The number of oxazole rings is 1. The molecular weight excluding hydrogens is 254 g/mol. The summed E-state index contributed by atoms with van der Waals surface area (Å²) >= 11 is 1.12. The summed E-state index contributed by atoms with van der Waals surface area (Å²) in [6.07, 6.45) is 2.46. The lowest BCUT2D eigenvalue weighted by molar-refractivity contribution is 0.0697. The fraction of sp³-hybridized carbons (Fsp3) is 0.364. The van der Waals surface area contributed by atoms with Crippen LogP contribution in [0.3, 0.4) is 0 Å². The molecule has 2 rings (SSSR count). The van der Waals surface area contributed by atoms with Crippen molar-refractivity contribution in [3.05, 3.63) is 29.1 Å². The molecule has 0 aliphatic carbocycles. The summed E-state index contributed by atoms with van der Waals surface area (Å²) in [6.45, 7) is 4.00. The van der Waals surface area contributed by atoms with E-state index in [0.29, 0.717) is 23.1 Å². The van der Waals surface area contributed by atoms with E-state index in [-0.39, 0.29) is 5.56 Å². The molecule has 0 amide bonds. The average molecular weight is 267 g/mol. The van der Waals surface area contributed by atoms with E-state index < -0.39 is 5.97 Å². The standard InChI is InChI=1S/C11H13N3O3S/c1-3-7-4-12-8(17-7)5-13-10-9(11(15)16)6(2)14-18-10/h4,13H,3,5H2,1-2H3,(H,15,16). The van der Waals surface area contributed by atoms with Crippen LogP contribution in [0.1, 0.15) is 34.6 Å². The highest BCUT2D eigenvalue weighted by molar-refractivity contribution is 7.10. The van der Waals surface area contributed by atoms with Gasteiger partial charge in [-0.2, -0.15) is 4.37 Å². The van der Waals surface area contributed by atoms with Gasteiger partial charge in [0.15, 0.2) is 0 Å². The van der Waals surface area contributed by atoms with Crippen LogP contribution in [0.15, 0.2) is 10.6 Å². The Bertz CT molecular complexity index is 562. The number of carboxylic acids is 1. The maximum absolute atomic E-state index is 11.1. The molecule has 18 heavy (non-hydrogen) atoms. The Balaban J connectivity index is 2.08. The van der Waals surface area contributed by atoms with Crippen molar-refractivity contribution in [3.63, 3.8) is 0 Å². The minimum Gasteiger partial charge on any atom is -0.478 e. The van der Waals surface area contributed by atoms with Crippen molar-refractivity contribution < 1.29 is 14.3 Å². The predicted molar refractivity (Wildman–Crippen MR) is 67.0 cm³/mol. The first-order valence-corrected chi connectivity index (χ1v) is 6.26. The molecule has 0 aliphatic rings. The van der Waals surface area contributed by atoms with E-state index in [4.69, 9.17) is 9.52 Å². The molecule has 0 saturated heterocycles. The second kappa shape index (κ2) is 5.18. The van der Waals surface area contributed by atoms with E-state index in [0.717, 1.165) is 23.7 Å². The number of carbonyl (C=O) groups is 1. The molecule has 2 N–H and O–H groups in total. The molecule has 2 heterocycles. The number of carboxylic acid groups (broad SMARTS) is 1. The monoisotopic (exact) mass is 267 g/mol. The van der Waals surface area contributed by atoms with E-state index in [2.05, 4.69) is 14.7 Å². The largest absolute Gasteiger partial charge is 0.478 e. The first-order valence-electron chi connectivity index (χ1n) is 5.48. The van der Waals surface area contributed by atoms with Crippen LogP contribution in [0.2, 0.25) is 0 Å². The van der Waals surface area contributed by atoms with Crippen LogP contribution in [-0.4, -0.2) is 20.4 Å². The zero-order chi connectivity index (χ0) is 13.1. The van der Waals surface area contributed by atoms with E-state index in [9.17, 15) is 4.79 Å². The van der Waals surface area contributed by atoms with E-state index in [1.54, 1.807) is 13.1 Å². The van der Waals surface area contributed by atoms with Crippen molar-refractivity contribution in [1.29, 1.82) is 0 Å². The highest BCUT2D eigenvalue weighted by Gasteiger charge is 2.17. The number of hydrogen-bond donors (Lipinski definition) is 2. The Hall–Kier alpha value is -1.89. The summed E-state index contributed by atoms with van der Waals surface area (Å²) in [7, 11) is 0. The fourth-order valence-electron chi connectivity index (χ4n) is 1.49. The van der Waals surface area contributed by atoms with Crippen LogP contribution in [0.5, 0.6) is 0 Å². The van der Waals surface area contributed by atoms with Gasteiger partial charge >= 0.3 is 5.97 Å². The average Bonchev–Trinajstić information content (AvgIpc) is 2.92. The Morgan fingerprint density at radius 3 is 3.00 bits per heavy atom. The summed E-state index contributed by atoms with van der Waals surface area (Å²) in [5, 5.41) is 12.6. The maximum Gasteiger partial charge on any atom is 0.340 e. The highest BCUT2D eigenvalue weighted by atomic mass is 32.1. The number of nitrogens with one attached hydrogen (secondary N) is 1. The lowest BCUT2D eigenvalue weighted by Gasteiger charge is -2.01. The Morgan fingerprint density at radius 2 is 2.39 bits per heavy atom. The van der Waals surface area contributed by atoms with Gasteiger partial charge in [0.1, 0.15) is 16.3 Å². The fourth-order valence-corrected chi connectivity index (χ4v) is 2.27. The number of rotatable bonds is 5. The number of aromatic carboxylic acids is 1. The first kappa shape index (κ1) is 12.6. The van der Waals surface area contributed by atoms with Crippen molar-refractivity contribution in [2.75, 3.05) is 5.32 Å². The van der Waals surface area contributed by atoms with Crippen LogP contribution >= 0.6 is 11.5 Å². The second-order valence-corrected chi connectivity index (χ2v) is 4.48. The van der Waals surface area contributed by atoms with Crippen molar-refractivity contribution in [1.82, 2.24) is 9.36 Å². The van der Waals surface area contributed by atoms with E-state index >= 15 is 0 Å². The number of aryl methyl sites for hydroxylation is 2. The van der Waals surface area contributed by atoms with Gasteiger partial charge in [0.05, 0.1) is 18.4 Å². The molecule has 6 nitrogen and oxygen atoms in total. The van der Waals surface area contributed by atoms with Crippen molar-refractivity contribution in [2.24, 2.45) is 0 Å². The van der Waals surface area contributed by atoms with Gasteiger partial charge in [-0.1, -0.05) is 6.92 Å². The highest BCUT2D eigenvalue weighted by Crippen LogP contribution is 2.24. The molecule has 0 fully saturated rings. The van der Waals surface area contributed by atoms with Crippen LogP contribution in [-0.2, 0) is 13.0 Å². The SMILES string of the molecule is CCc1cnc(CNc2snc(C)c2C(=O)O)o1. The lowest BCUT2D eigenvalue weighted by atomic mass is 10.2. The van der Waals surface area contributed by atoms with E-state index in [1.165, 1.54) is 0 Å². The van der Waals surface area contributed by atoms with Crippen molar-refractivity contribution in [2.45, 2.75) is 26.8 Å². The van der Waals surface area contributed by atoms with Gasteiger partial charge in [0.2, 0.25) is 5.89 Å². The summed E-state index contributed by atoms with van der Waals surface area (Å²) < 4.78 is 9.44. The van der Waals surface area contributed by atoms with Crippen LogP contribution < -0.4 is 5.32 Å². The molecule has 2 aromatic rings. The van der Waals surface area contributed by atoms with Gasteiger partial charge in [-0.05, 0) is 18.5 Å². The molecule has 0 radical (unpaired) electrons. The smallest absolute Gasteiger partial charge is 0.340 e. The zero-order valence-corrected chi connectivity index (χ0v) is 10.9. The van der Waals surface area contributed by atoms with E-state index in [1.807, 2.05) is 6.92 Å². The quantitative estimate of drug-likeness (QED) is 0.864. The van der Waals surface area contributed by atoms with Gasteiger partial charge in [0, 0.05) is 6.42 Å². The molecule has 2 aromatic heterocycles. The van der Waals surface area contributed by atoms with Gasteiger partial charge in [-0.25, -0.2) is 9.78 Å². The summed E-state index contributed by atoms with van der Waals surface area (Å²) in [4.78, 5) is 15.1.